The van der Waals surface area contributed by atoms with E-state index in [9.17, 15) is 4.79 Å². The predicted molar refractivity (Wildman–Crippen MR) is 104 cm³/mol. The second-order valence-corrected chi connectivity index (χ2v) is 6.18. The molecule has 4 aromatic rings. The highest BCUT2D eigenvalue weighted by atomic mass is 16.4. The Morgan fingerprint density at radius 1 is 0.815 bits per heavy atom. The van der Waals surface area contributed by atoms with Gasteiger partial charge in [-0.05, 0) is 55.5 Å². The minimum atomic E-state index is -0.168. The van der Waals surface area contributed by atoms with Crippen LogP contribution in [0.25, 0.3) is 22.9 Å². The highest BCUT2D eigenvalue weighted by molar-refractivity contribution is 6.04. The van der Waals surface area contributed by atoms with Crippen LogP contribution >= 0.6 is 0 Å². The van der Waals surface area contributed by atoms with Crippen LogP contribution in [-0.4, -0.2) is 16.1 Å². The minimum absolute atomic E-state index is 0.168. The topological polar surface area (TPSA) is 68.0 Å². The summed E-state index contributed by atoms with van der Waals surface area (Å²) in [6.07, 6.45) is 0. The van der Waals surface area contributed by atoms with Crippen molar-refractivity contribution < 1.29 is 9.21 Å². The number of amides is 1. The molecular weight excluding hydrogens is 338 g/mol. The number of rotatable bonds is 4. The van der Waals surface area contributed by atoms with Gasteiger partial charge in [-0.3, -0.25) is 4.79 Å². The van der Waals surface area contributed by atoms with Crippen LogP contribution < -0.4 is 5.32 Å². The molecule has 0 bridgehead atoms. The Kier molecular flexibility index (Phi) is 4.49. The van der Waals surface area contributed by atoms with Crippen LogP contribution in [0, 0.1) is 6.92 Å². The number of aryl methyl sites for hydroxylation is 1. The number of hydrogen-bond acceptors (Lipinski definition) is 4. The van der Waals surface area contributed by atoms with Gasteiger partial charge in [0.1, 0.15) is 0 Å². The van der Waals surface area contributed by atoms with Crippen LogP contribution in [-0.2, 0) is 0 Å². The second-order valence-electron chi connectivity index (χ2n) is 6.18. The summed E-state index contributed by atoms with van der Waals surface area (Å²) >= 11 is 0. The Morgan fingerprint density at radius 3 is 2.22 bits per heavy atom. The van der Waals surface area contributed by atoms with Gasteiger partial charge in [0.2, 0.25) is 11.8 Å². The molecule has 0 aliphatic rings. The lowest BCUT2D eigenvalue weighted by Gasteiger charge is -2.05. The Bertz CT molecular complexity index is 1070. The number of nitrogens with zero attached hydrogens (tertiary/aromatic N) is 2. The van der Waals surface area contributed by atoms with E-state index in [0.29, 0.717) is 17.3 Å². The molecule has 132 valence electrons. The number of aromatic nitrogens is 2. The predicted octanol–water partition coefficient (Wildman–Crippen LogP) is 4.96. The fraction of sp³-hybridized carbons (Fsp3) is 0.0455. The Hall–Kier alpha value is -3.73. The standard InChI is InChI=1S/C22H17N3O2/c1-15-6-5-7-18(14-15)22-25-24-21(27-22)17-12-10-16(11-13-17)20(26)23-19-8-3-2-4-9-19/h2-14H,1H3,(H,23,26). The molecule has 5 nitrogen and oxygen atoms in total. The Labute approximate surface area is 156 Å². The van der Waals surface area contributed by atoms with Gasteiger partial charge in [-0.2, -0.15) is 0 Å². The van der Waals surface area contributed by atoms with Gasteiger partial charge in [-0.1, -0.05) is 35.9 Å². The van der Waals surface area contributed by atoms with Gasteiger partial charge in [-0.15, -0.1) is 10.2 Å². The summed E-state index contributed by atoms with van der Waals surface area (Å²) in [6, 6.07) is 24.3. The van der Waals surface area contributed by atoms with E-state index in [1.165, 1.54) is 0 Å². The largest absolute Gasteiger partial charge is 0.416 e. The molecule has 1 aromatic heterocycles. The van der Waals surface area contributed by atoms with Crippen molar-refractivity contribution in [2.45, 2.75) is 6.92 Å². The number of hydrogen-bond donors (Lipinski definition) is 1. The van der Waals surface area contributed by atoms with E-state index in [1.807, 2.05) is 61.5 Å². The number of para-hydroxylation sites is 1. The molecule has 3 aromatic carbocycles. The minimum Gasteiger partial charge on any atom is -0.416 e. The monoisotopic (exact) mass is 355 g/mol. The van der Waals surface area contributed by atoms with Gasteiger partial charge >= 0.3 is 0 Å². The number of carbonyl (C=O) groups is 1. The van der Waals surface area contributed by atoms with Crippen molar-refractivity contribution in [3.05, 3.63) is 90.0 Å². The van der Waals surface area contributed by atoms with E-state index in [2.05, 4.69) is 15.5 Å². The molecular formula is C22H17N3O2. The summed E-state index contributed by atoms with van der Waals surface area (Å²) in [6.45, 7) is 2.01. The summed E-state index contributed by atoms with van der Waals surface area (Å²) in [5, 5.41) is 11.1. The first-order valence-electron chi connectivity index (χ1n) is 8.56. The molecule has 0 saturated heterocycles. The summed E-state index contributed by atoms with van der Waals surface area (Å²) < 4.78 is 5.78. The van der Waals surface area contributed by atoms with Crippen LogP contribution in [0.4, 0.5) is 5.69 Å². The van der Waals surface area contributed by atoms with Crippen LogP contribution in [0.1, 0.15) is 15.9 Å². The Morgan fingerprint density at radius 2 is 1.52 bits per heavy atom. The number of nitrogens with one attached hydrogen (secondary N) is 1. The molecule has 0 spiro atoms. The lowest BCUT2D eigenvalue weighted by Crippen LogP contribution is -2.11. The molecule has 0 atom stereocenters. The highest BCUT2D eigenvalue weighted by Crippen LogP contribution is 2.24. The van der Waals surface area contributed by atoms with E-state index in [1.54, 1.807) is 24.3 Å². The maximum atomic E-state index is 12.3. The third kappa shape index (κ3) is 3.77. The van der Waals surface area contributed by atoms with Crippen molar-refractivity contribution in [1.29, 1.82) is 0 Å². The first kappa shape index (κ1) is 16.7. The lowest BCUT2D eigenvalue weighted by molar-refractivity contribution is 0.102. The molecule has 0 fully saturated rings. The molecule has 27 heavy (non-hydrogen) atoms. The van der Waals surface area contributed by atoms with E-state index in [0.717, 1.165) is 22.4 Å². The van der Waals surface area contributed by atoms with Crippen molar-refractivity contribution >= 4 is 11.6 Å². The zero-order valence-electron chi connectivity index (χ0n) is 14.7. The normalized spacial score (nSPS) is 10.6. The zero-order valence-corrected chi connectivity index (χ0v) is 14.7. The molecule has 1 heterocycles. The van der Waals surface area contributed by atoms with E-state index in [4.69, 9.17) is 4.42 Å². The molecule has 4 rings (SSSR count). The third-order valence-electron chi connectivity index (χ3n) is 4.12. The summed E-state index contributed by atoms with van der Waals surface area (Å²) in [5.74, 6) is 0.722. The quantitative estimate of drug-likeness (QED) is 0.561. The van der Waals surface area contributed by atoms with Gasteiger partial charge in [0.05, 0.1) is 0 Å². The molecule has 0 saturated carbocycles. The molecule has 0 unspecified atom stereocenters. The molecule has 0 radical (unpaired) electrons. The third-order valence-corrected chi connectivity index (χ3v) is 4.12. The van der Waals surface area contributed by atoms with Crippen LogP contribution in [0.15, 0.2) is 83.3 Å². The van der Waals surface area contributed by atoms with Gasteiger partial charge in [0.25, 0.3) is 5.91 Å². The molecule has 1 amide bonds. The van der Waals surface area contributed by atoms with Crippen molar-refractivity contribution in [3.63, 3.8) is 0 Å². The van der Waals surface area contributed by atoms with E-state index < -0.39 is 0 Å². The first-order chi connectivity index (χ1) is 13.2. The van der Waals surface area contributed by atoms with Crippen molar-refractivity contribution in [2.75, 3.05) is 5.32 Å². The van der Waals surface area contributed by atoms with Crippen LogP contribution in [0.5, 0.6) is 0 Å². The lowest BCUT2D eigenvalue weighted by atomic mass is 10.1. The van der Waals surface area contributed by atoms with E-state index in [-0.39, 0.29) is 5.91 Å². The summed E-state index contributed by atoms with van der Waals surface area (Å²) in [7, 11) is 0. The molecule has 5 heteroatoms. The first-order valence-corrected chi connectivity index (χ1v) is 8.56. The second kappa shape index (κ2) is 7.25. The molecule has 0 aliphatic carbocycles. The number of anilines is 1. The number of carbonyl (C=O) groups excluding carboxylic acids is 1. The summed E-state index contributed by atoms with van der Waals surface area (Å²) in [5.41, 5.74) is 4.08. The smallest absolute Gasteiger partial charge is 0.255 e. The van der Waals surface area contributed by atoms with Crippen molar-refractivity contribution in [3.8, 4) is 22.9 Å². The van der Waals surface area contributed by atoms with E-state index >= 15 is 0 Å². The van der Waals surface area contributed by atoms with Gasteiger partial charge in [0, 0.05) is 22.4 Å². The maximum Gasteiger partial charge on any atom is 0.255 e. The van der Waals surface area contributed by atoms with Crippen molar-refractivity contribution in [1.82, 2.24) is 10.2 Å². The SMILES string of the molecule is Cc1cccc(-c2nnc(-c3ccc(C(=O)Nc4ccccc4)cc3)o2)c1. The average molecular weight is 355 g/mol. The van der Waals surface area contributed by atoms with Gasteiger partial charge < -0.3 is 9.73 Å². The Balaban J connectivity index is 1.52. The molecule has 1 N–H and O–H groups in total. The maximum absolute atomic E-state index is 12.3. The highest BCUT2D eigenvalue weighted by Gasteiger charge is 2.12. The fourth-order valence-corrected chi connectivity index (χ4v) is 2.72. The van der Waals surface area contributed by atoms with Crippen LogP contribution in [0.2, 0.25) is 0 Å². The van der Waals surface area contributed by atoms with Crippen molar-refractivity contribution in [2.24, 2.45) is 0 Å². The van der Waals surface area contributed by atoms with Gasteiger partial charge in [0.15, 0.2) is 0 Å². The molecule has 0 aliphatic heterocycles. The average Bonchev–Trinajstić information content (AvgIpc) is 3.19. The zero-order chi connectivity index (χ0) is 18.6. The van der Waals surface area contributed by atoms with Gasteiger partial charge in [-0.25, -0.2) is 0 Å². The number of benzene rings is 3. The summed E-state index contributed by atoms with van der Waals surface area (Å²) in [4.78, 5) is 12.3. The van der Waals surface area contributed by atoms with Crippen LogP contribution in [0.3, 0.4) is 0 Å². The fourth-order valence-electron chi connectivity index (χ4n) is 2.72.